The maximum atomic E-state index is 11.9. The van der Waals surface area contributed by atoms with E-state index in [2.05, 4.69) is 0 Å². The van der Waals surface area contributed by atoms with Crippen LogP contribution in [-0.4, -0.2) is 33.7 Å². The molecule has 0 N–H and O–H groups in total. The predicted octanol–water partition coefficient (Wildman–Crippen LogP) is 2.99. The lowest BCUT2D eigenvalue weighted by Gasteiger charge is -2.22. The molecule has 1 unspecified atom stereocenters. The number of rotatable bonds is 4. The number of ether oxygens (including phenoxy) is 2. The van der Waals surface area contributed by atoms with Gasteiger partial charge in [0, 0.05) is 17.3 Å². The average molecular weight is 353 g/mol. The number of esters is 1. The monoisotopic (exact) mass is 352 g/mol. The van der Waals surface area contributed by atoms with Crippen molar-refractivity contribution in [1.82, 2.24) is 0 Å². The quantitative estimate of drug-likeness (QED) is 0.615. The molecule has 1 aromatic carbocycles. The summed E-state index contributed by atoms with van der Waals surface area (Å²) in [4.78, 5) is 11.6. The van der Waals surface area contributed by atoms with Gasteiger partial charge in [0.25, 0.3) is 9.05 Å². The van der Waals surface area contributed by atoms with Gasteiger partial charge in [-0.1, -0.05) is 11.6 Å². The minimum Gasteiger partial charge on any atom is -0.459 e. The lowest BCUT2D eigenvalue weighted by atomic mass is 10.1. The van der Waals surface area contributed by atoms with Gasteiger partial charge >= 0.3 is 5.97 Å². The molecule has 1 aromatic rings. The smallest absolute Gasteiger partial charge is 0.338 e. The first kappa shape index (κ1) is 16.5. The van der Waals surface area contributed by atoms with Crippen LogP contribution in [0.1, 0.15) is 29.6 Å². The van der Waals surface area contributed by atoms with Crippen molar-refractivity contribution in [1.29, 1.82) is 0 Å². The highest BCUT2D eigenvalue weighted by Gasteiger charge is 2.20. The van der Waals surface area contributed by atoms with Gasteiger partial charge in [-0.05, 0) is 37.5 Å². The number of carbonyl (C=O) groups is 1. The fourth-order valence-electron chi connectivity index (χ4n) is 2.01. The first-order valence-corrected chi connectivity index (χ1v) is 9.09. The molecular weight excluding hydrogens is 339 g/mol. The van der Waals surface area contributed by atoms with Crippen molar-refractivity contribution in [3.05, 3.63) is 28.8 Å². The van der Waals surface area contributed by atoms with Crippen molar-refractivity contribution in [2.45, 2.75) is 30.3 Å². The molecule has 0 aliphatic carbocycles. The molecule has 1 atom stereocenters. The van der Waals surface area contributed by atoms with Gasteiger partial charge in [0.15, 0.2) is 0 Å². The first-order valence-electron chi connectivity index (χ1n) is 6.41. The molecule has 0 amide bonds. The molecule has 1 fully saturated rings. The van der Waals surface area contributed by atoms with E-state index in [1.54, 1.807) is 0 Å². The Labute approximate surface area is 132 Å². The number of hydrogen-bond acceptors (Lipinski definition) is 5. The molecular formula is C13H14Cl2O5S. The largest absolute Gasteiger partial charge is 0.459 e. The lowest BCUT2D eigenvalue weighted by Crippen LogP contribution is -2.26. The van der Waals surface area contributed by atoms with Gasteiger partial charge in [-0.3, -0.25) is 0 Å². The second kappa shape index (κ2) is 6.96. The Balaban J connectivity index is 2.05. The third-order valence-corrected chi connectivity index (χ3v) is 4.91. The number of benzene rings is 1. The number of carbonyl (C=O) groups excluding carboxylic acids is 1. The van der Waals surface area contributed by atoms with Crippen LogP contribution in [0.5, 0.6) is 0 Å². The zero-order valence-electron chi connectivity index (χ0n) is 11.1. The van der Waals surface area contributed by atoms with Crippen molar-refractivity contribution in [3.8, 4) is 0 Å². The van der Waals surface area contributed by atoms with Gasteiger partial charge in [-0.25, -0.2) is 13.2 Å². The van der Waals surface area contributed by atoms with Crippen molar-refractivity contribution in [2.24, 2.45) is 0 Å². The normalized spacial score (nSPS) is 19.2. The van der Waals surface area contributed by atoms with Crippen LogP contribution in [0.3, 0.4) is 0 Å². The standard InChI is InChI=1S/C13H14Cl2O5S/c14-11-5-4-9(7-12(11)21(15,17)18)13(16)20-8-10-3-1-2-6-19-10/h4-5,7,10H,1-3,6,8H2. The highest BCUT2D eigenvalue weighted by atomic mass is 35.7. The van der Waals surface area contributed by atoms with Crippen molar-refractivity contribution in [3.63, 3.8) is 0 Å². The Hall–Kier alpha value is -0.820. The molecule has 0 saturated carbocycles. The molecule has 5 nitrogen and oxygen atoms in total. The second-order valence-electron chi connectivity index (χ2n) is 4.67. The highest BCUT2D eigenvalue weighted by Crippen LogP contribution is 2.26. The highest BCUT2D eigenvalue weighted by molar-refractivity contribution is 8.13. The van der Waals surface area contributed by atoms with Crippen LogP contribution in [0, 0.1) is 0 Å². The maximum absolute atomic E-state index is 11.9. The molecule has 0 bridgehead atoms. The fourth-order valence-corrected chi connectivity index (χ4v) is 3.50. The minimum absolute atomic E-state index is 0.0443. The van der Waals surface area contributed by atoms with E-state index >= 15 is 0 Å². The third-order valence-electron chi connectivity index (χ3n) is 3.10. The minimum atomic E-state index is -4.02. The summed E-state index contributed by atoms with van der Waals surface area (Å²) in [5, 5.41) is -0.0443. The Bertz CT molecular complexity index is 623. The molecule has 0 spiro atoms. The van der Waals surface area contributed by atoms with Crippen LogP contribution in [0.15, 0.2) is 23.1 Å². The summed E-state index contributed by atoms with van der Waals surface area (Å²) >= 11 is 5.75. The van der Waals surface area contributed by atoms with Crippen molar-refractivity contribution < 1.29 is 22.7 Å². The first-order chi connectivity index (χ1) is 9.88. The van der Waals surface area contributed by atoms with Crippen LogP contribution >= 0.6 is 22.3 Å². The Morgan fingerprint density at radius 3 is 2.76 bits per heavy atom. The van der Waals surface area contributed by atoms with Gasteiger partial charge < -0.3 is 9.47 Å². The zero-order valence-corrected chi connectivity index (χ0v) is 13.4. The van der Waals surface area contributed by atoms with Crippen LogP contribution < -0.4 is 0 Å². The van der Waals surface area contributed by atoms with E-state index in [9.17, 15) is 13.2 Å². The topological polar surface area (TPSA) is 69.7 Å². The summed E-state index contributed by atoms with van der Waals surface area (Å²) in [6.07, 6.45) is 2.79. The molecule has 0 radical (unpaired) electrons. The van der Waals surface area contributed by atoms with Crippen molar-refractivity contribution in [2.75, 3.05) is 13.2 Å². The molecule has 1 aliphatic heterocycles. The van der Waals surface area contributed by atoms with E-state index in [1.165, 1.54) is 12.1 Å². The van der Waals surface area contributed by atoms with Gasteiger partial charge in [0.2, 0.25) is 0 Å². The third kappa shape index (κ3) is 4.57. The second-order valence-corrected chi connectivity index (χ2v) is 7.61. The molecule has 8 heteroatoms. The maximum Gasteiger partial charge on any atom is 0.338 e. The van der Waals surface area contributed by atoms with Gasteiger partial charge in [0.1, 0.15) is 11.5 Å². The molecule has 1 aliphatic rings. The zero-order chi connectivity index (χ0) is 15.5. The fraction of sp³-hybridized carbons (Fsp3) is 0.462. The summed E-state index contributed by atoms with van der Waals surface area (Å²) in [6, 6.07) is 3.79. The van der Waals surface area contributed by atoms with Gasteiger partial charge in [-0.2, -0.15) is 0 Å². The van der Waals surface area contributed by atoms with E-state index in [4.69, 9.17) is 31.8 Å². The SMILES string of the molecule is O=C(OCC1CCCCO1)c1ccc(Cl)c(S(=O)(=O)Cl)c1. The summed E-state index contributed by atoms with van der Waals surface area (Å²) < 4.78 is 33.3. The van der Waals surface area contributed by atoms with E-state index in [0.717, 1.165) is 25.3 Å². The summed E-state index contributed by atoms with van der Waals surface area (Å²) in [5.74, 6) is -0.637. The van der Waals surface area contributed by atoms with E-state index in [1.807, 2.05) is 0 Å². The molecule has 21 heavy (non-hydrogen) atoms. The predicted molar refractivity (Wildman–Crippen MR) is 78.4 cm³/mol. The molecule has 1 heterocycles. The van der Waals surface area contributed by atoms with Crippen LogP contribution in [-0.2, 0) is 18.5 Å². The average Bonchev–Trinajstić information content (AvgIpc) is 2.45. The Morgan fingerprint density at radius 1 is 1.38 bits per heavy atom. The van der Waals surface area contributed by atoms with E-state index in [-0.39, 0.29) is 28.2 Å². The van der Waals surface area contributed by atoms with Gasteiger partial charge in [-0.15, -0.1) is 0 Å². The summed E-state index contributed by atoms with van der Waals surface area (Å²) in [5.41, 5.74) is 0.0782. The molecule has 1 saturated heterocycles. The van der Waals surface area contributed by atoms with E-state index in [0.29, 0.717) is 6.61 Å². The lowest BCUT2D eigenvalue weighted by molar-refractivity contribution is -0.0300. The molecule has 116 valence electrons. The molecule has 2 rings (SSSR count). The van der Waals surface area contributed by atoms with Gasteiger partial charge in [0.05, 0.1) is 16.7 Å². The molecule has 0 aromatic heterocycles. The Morgan fingerprint density at radius 2 is 2.14 bits per heavy atom. The number of hydrogen-bond donors (Lipinski definition) is 0. The van der Waals surface area contributed by atoms with Crippen LogP contribution in [0.2, 0.25) is 5.02 Å². The van der Waals surface area contributed by atoms with Crippen LogP contribution in [0.4, 0.5) is 0 Å². The summed E-state index contributed by atoms with van der Waals surface area (Å²) in [7, 11) is 1.24. The summed E-state index contributed by atoms with van der Waals surface area (Å²) in [6.45, 7) is 0.808. The van der Waals surface area contributed by atoms with Crippen LogP contribution in [0.25, 0.3) is 0 Å². The Kier molecular flexibility index (Phi) is 5.48. The van der Waals surface area contributed by atoms with E-state index < -0.39 is 15.0 Å². The van der Waals surface area contributed by atoms with Crippen molar-refractivity contribution >= 4 is 37.3 Å². The number of halogens is 2.